The van der Waals surface area contributed by atoms with E-state index >= 15 is 0 Å². The van der Waals surface area contributed by atoms with E-state index in [1.54, 1.807) is 24.3 Å². The Morgan fingerprint density at radius 3 is 2.13 bits per heavy atom. The van der Waals surface area contributed by atoms with Crippen molar-refractivity contribution in [3.05, 3.63) is 102 Å². The lowest BCUT2D eigenvalue weighted by molar-refractivity contribution is -0.146. The highest BCUT2D eigenvalue weighted by molar-refractivity contribution is 5.96. The van der Waals surface area contributed by atoms with Crippen LogP contribution in [-0.2, 0) is 16.0 Å². The standard InChI is InChI=1S/C24H22FNO4/c25-20-11-13-21(14-12-20)29-15-16-30-24(28)22(17-18-7-3-1-4-8-18)26-23(27)19-9-5-2-6-10-19/h1-14,22H,15-17H2,(H,26,27). The summed E-state index contributed by atoms with van der Waals surface area (Å²) in [5, 5.41) is 2.75. The average molecular weight is 407 g/mol. The minimum Gasteiger partial charge on any atom is -0.490 e. The molecule has 1 amide bonds. The molecule has 154 valence electrons. The third-order valence-electron chi connectivity index (χ3n) is 4.32. The van der Waals surface area contributed by atoms with Gasteiger partial charge in [0.2, 0.25) is 0 Å². The molecule has 3 aromatic carbocycles. The topological polar surface area (TPSA) is 64.6 Å². The molecular formula is C24H22FNO4. The molecule has 0 aromatic heterocycles. The highest BCUT2D eigenvalue weighted by Gasteiger charge is 2.23. The Labute approximate surface area is 174 Å². The minimum atomic E-state index is -0.842. The van der Waals surface area contributed by atoms with E-state index in [2.05, 4.69) is 5.32 Å². The molecule has 0 aliphatic carbocycles. The second-order valence-electron chi connectivity index (χ2n) is 6.55. The maximum Gasteiger partial charge on any atom is 0.329 e. The third kappa shape index (κ3) is 6.44. The summed E-state index contributed by atoms with van der Waals surface area (Å²) in [7, 11) is 0. The van der Waals surface area contributed by atoms with Gasteiger partial charge >= 0.3 is 5.97 Å². The quantitative estimate of drug-likeness (QED) is 0.433. The van der Waals surface area contributed by atoms with Crippen LogP contribution in [0.2, 0.25) is 0 Å². The van der Waals surface area contributed by atoms with Crippen molar-refractivity contribution in [2.75, 3.05) is 13.2 Å². The van der Waals surface area contributed by atoms with E-state index in [9.17, 15) is 14.0 Å². The molecule has 1 N–H and O–H groups in total. The van der Waals surface area contributed by atoms with Gasteiger partial charge in [-0.15, -0.1) is 0 Å². The Morgan fingerprint density at radius 1 is 0.833 bits per heavy atom. The zero-order chi connectivity index (χ0) is 21.2. The van der Waals surface area contributed by atoms with Gasteiger partial charge in [-0.25, -0.2) is 9.18 Å². The number of ether oxygens (including phenoxy) is 2. The van der Waals surface area contributed by atoms with Crippen LogP contribution in [0.1, 0.15) is 15.9 Å². The summed E-state index contributed by atoms with van der Waals surface area (Å²) < 4.78 is 23.7. The fraction of sp³-hybridized carbons (Fsp3) is 0.167. The zero-order valence-corrected chi connectivity index (χ0v) is 16.3. The molecule has 6 heteroatoms. The summed E-state index contributed by atoms with van der Waals surface area (Å²) >= 11 is 0. The molecule has 3 rings (SSSR count). The second-order valence-corrected chi connectivity index (χ2v) is 6.55. The Kier molecular flexibility index (Phi) is 7.55. The van der Waals surface area contributed by atoms with Crippen LogP contribution in [0.5, 0.6) is 5.75 Å². The predicted octanol–water partition coefficient (Wildman–Crippen LogP) is 3.79. The largest absolute Gasteiger partial charge is 0.490 e. The first kappa shape index (κ1) is 21.0. The second kappa shape index (κ2) is 10.8. The van der Waals surface area contributed by atoms with E-state index in [-0.39, 0.29) is 24.9 Å². The maximum atomic E-state index is 12.9. The Hall–Kier alpha value is -3.67. The highest BCUT2D eigenvalue weighted by atomic mass is 19.1. The Morgan fingerprint density at radius 2 is 1.47 bits per heavy atom. The molecule has 0 saturated carbocycles. The van der Waals surface area contributed by atoms with Gasteiger partial charge in [0, 0.05) is 12.0 Å². The van der Waals surface area contributed by atoms with E-state index in [1.165, 1.54) is 24.3 Å². The summed E-state index contributed by atoms with van der Waals surface area (Å²) in [5.41, 5.74) is 1.36. The predicted molar refractivity (Wildman–Crippen MR) is 111 cm³/mol. The summed E-state index contributed by atoms with van der Waals surface area (Å²) in [6.45, 7) is 0.116. The van der Waals surface area contributed by atoms with Crippen LogP contribution in [0.15, 0.2) is 84.9 Å². The lowest BCUT2D eigenvalue weighted by Crippen LogP contribution is -2.43. The van der Waals surface area contributed by atoms with Gasteiger partial charge in [0.1, 0.15) is 30.8 Å². The van der Waals surface area contributed by atoms with E-state index in [4.69, 9.17) is 9.47 Å². The smallest absolute Gasteiger partial charge is 0.329 e. The molecule has 1 atom stereocenters. The number of halogens is 1. The fourth-order valence-electron chi connectivity index (χ4n) is 2.81. The van der Waals surface area contributed by atoms with Crippen molar-refractivity contribution in [3.63, 3.8) is 0 Å². The number of carbonyl (C=O) groups excluding carboxylic acids is 2. The van der Waals surface area contributed by atoms with Crippen molar-refractivity contribution in [1.82, 2.24) is 5.32 Å². The first-order valence-corrected chi connectivity index (χ1v) is 9.56. The van der Waals surface area contributed by atoms with Gasteiger partial charge in [0.15, 0.2) is 0 Å². The van der Waals surface area contributed by atoms with Crippen molar-refractivity contribution in [2.24, 2.45) is 0 Å². The van der Waals surface area contributed by atoms with Crippen LogP contribution in [0, 0.1) is 5.82 Å². The summed E-state index contributed by atoms with van der Waals surface area (Å²) in [4.78, 5) is 25.1. The lowest BCUT2D eigenvalue weighted by Gasteiger charge is -2.18. The number of esters is 1. The zero-order valence-electron chi connectivity index (χ0n) is 16.3. The fourth-order valence-corrected chi connectivity index (χ4v) is 2.81. The van der Waals surface area contributed by atoms with Crippen molar-refractivity contribution in [3.8, 4) is 5.75 Å². The number of hydrogen-bond acceptors (Lipinski definition) is 4. The van der Waals surface area contributed by atoms with Gasteiger partial charge in [0.05, 0.1) is 0 Å². The molecule has 0 fully saturated rings. The van der Waals surface area contributed by atoms with E-state index in [0.717, 1.165) is 5.56 Å². The minimum absolute atomic E-state index is 0.00269. The van der Waals surface area contributed by atoms with Gasteiger partial charge in [-0.3, -0.25) is 4.79 Å². The van der Waals surface area contributed by atoms with E-state index in [0.29, 0.717) is 17.7 Å². The molecule has 0 bridgehead atoms. The van der Waals surface area contributed by atoms with E-state index < -0.39 is 12.0 Å². The van der Waals surface area contributed by atoms with Crippen LogP contribution < -0.4 is 10.1 Å². The number of nitrogens with one attached hydrogen (secondary N) is 1. The van der Waals surface area contributed by atoms with Gasteiger partial charge < -0.3 is 14.8 Å². The molecule has 30 heavy (non-hydrogen) atoms. The number of amides is 1. The molecule has 1 unspecified atom stereocenters. The van der Waals surface area contributed by atoms with Gasteiger partial charge in [-0.1, -0.05) is 48.5 Å². The Balaban J connectivity index is 1.57. The first-order chi connectivity index (χ1) is 14.6. The third-order valence-corrected chi connectivity index (χ3v) is 4.32. The molecule has 0 radical (unpaired) electrons. The molecule has 0 spiro atoms. The molecule has 0 saturated heterocycles. The summed E-state index contributed by atoms with van der Waals surface area (Å²) in [6.07, 6.45) is 0.303. The molecule has 0 heterocycles. The van der Waals surface area contributed by atoms with Crippen LogP contribution in [-0.4, -0.2) is 31.1 Å². The van der Waals surface area contributed by atoms with Gasteiger partial charge in [0.25, 0.3) is 5.91 Å². The maximum absolute atomic E-state index is 12.9. The SMILES string of the molecule is O=C(NC(Cc1ccccc1)C(=O)OCCOc1ccc(F)cc1)c1ccccc1. The molecule has 0 aliphatic rings. The number of carbonyl (C=O) groups is 2. The van der Waals surface area contributed by atoms with E-state index in [1.807, 2.05) is 36.4 Å². The van der Waals surface area contributed by atoms with Crippen LogP contribution in [0.4, 0.5) is 4.39 Å². The summed E-state index contributed by atoms with van der Waals surface area (Å²) in [5.74, 6) is -0.778. The van der Waals surface area contributed by atoms with Crippen molar-refractivity contribution in [2.45, 2.75) is 12.5 Å². The number of hydrogen-bond donors (Lipinski definition) is 1. The van der Waals surface area contributed by atoms with Gasteiger partial charge in [-0.05, 0) is 42.0 Å². The molecule has 0 aliphatic heterocycles. The molecule has 5 nitrogen and oxygen atoms in total. The molecular weight excluding hydrogens is 385 g/mol. The van der Waals surface area contributed by atoms with Crippen LogP contribution in [0.3, 0.4) is 0 Å². The lowest BCUT2D eigenvalue weighted by atomic mass is 10.1. The van der Waals surface area contributed by atoms with Crippen molar-refractivity contribution >= 4 is 11.9 Å². The number of rotatable bonds is 9. The Bertz CT molecular complexity index is 946. The first-order valence-electron chi connectivity index (χ1n) is 9.56. The average Bonchev–Trinajstić information content (AvgIpc) is 2.78. The van der Waals surface area contributed by atoms with Gasteiger partial charge in [-0.2, -0.15) is 0 Å². The van der Waals surface area contributed by atoms with Crippen LogP contribution >= 0.6 is 0 Å². The molecule has 3 aromatic rings. The van der Waals surface area contributed by atoms with Crippen molar-refractivity contribution < 1.29 is 23.5 Å². The summed E-state index contributed by atoms with van der Waals surface area (Å²) in [6, 6.07) is 22.8. The number of benzene rings is 3. The van der Waals surface area contributed by atoms with Crippen molar-refractivity contribution in [1.29, 1.82) is 0 Å². The normalized spacial score (nSPS) is 11.4. The van der Waals surface area contributed by atoms with Crippen LogP contribution in [0.25, 0.3) is 0 Å². The monoisotopic (exact) mass is 407 g/mol. The highest BCUT2D eigenvalue weighted by Crippen LogP contribution is 2.11.